The number of hydrogen-bond acceptors (Lipinski definition) is 7. The molecular weight excluding hydrogens is 324 g/mol. The Labute approximate surface area is 145 Å². The maximum Gasteiger partial charge on any atom is 0.360 e. The number of oxime groups is 2. The monoisotopic (exact) mass is 342 g/mol. The van der Waals surface area contributed by atoms with Crippen molar-refractivity contribution >= 4 is 17.9 Å². The predicted octanol–water partition coefficient (Wildman–Crippen LogP) is 2.47. The van der Waals surface area contributed by atoms with Gasteiger partial charge in [-0.3, -0.25) is 0 Å². The van der Waals surface area contributed by atoms with Gasteiger partial charge < -0.3 is 19.5 Å². The number of phenols is 1. The smallest absolute Gasteiger partial charge is 0.360 e. The molecule has 0 amide bonds. The zero-order valence-corrected chi connectivity index (χ0v) is 13.9. The Hall–Kier alpha value is -3.35. The third-order valence-electron chi connectivity index (χ3n) is 3.20. The van der Waals surface area contributed by atoms with Gasteiger partial charge in [0.25, 0.3) is 0 Å². The van der Waals surface area contributed by atoms with Crippen molar-refractivity contribution in [1.29, 1.82) is 0 Å². The Morgan fingerprint density at radius 1 is 1.16 bits per heavy atom. The van der Waals surface area contributed by atoms with Gasteiger partial charge in [-0.1, -0.05) is 46.7 Å². The van der Waals surface area contributed by atoms with Gasteiger partial charge in [-0.2, -0.15) is 0 Å². The normalized spacial score (nSPS) is 11.4. The fourth-order valence-corrected chi connectivity index (χ4v) is 2.07. The molecule has 0 aliphatic carbocycles. The average Bonchev–Trinajstić information content (AvgIpc) is 2.63. The largest absolute Gasteiger partial charge is 0.508 e. The number of rotatable bonds is 7. The number of phenolic OH excluding ortho intramolecular Hbond substituents is 1. The van der Waals surface area contributed by atoms with Crippen LogP contribution in [0.1, 0.15) is 16.7 Å². The van der Waals surface area contributed by atoms with Crippen LogP contribution in [-0.2, 0) is 25.8 Å². The topological polar surface area (TPSA) is 89.7 Å². The molecule has 0 saturated heterocycles. The highest BCUT2D eigenvalue weighted by molar-refractivity contribution is 6.43. The van der Waals surface area contributed by atoms with Crippen LogP contribution in [0, 0.1) is 0 Å². The average molecular weight is 342 g/mol. The highest BCUT2D eigenvalue weighted by Crippen LogP contribution is 2.14. The van der Waals surface area contributed by atoms with E-state index in [-0.39, 0.29) is 18.1 Å². The molecule has 0 spiro atoms. The summed E-state index contributed by atoms with van der Waals surface area (Å²) in [6, 6.07) is 13.7. The standard InChI is InChI=1S/C18H18N2O5/c1-23-18(22)17(20-24-2)16-9-4-3-7-14(16)12-25-19-11-13-6-5-8-15(21)10-13/h3-11,21H,12H2,1-2H3. The minimum absolute atomic E-state index is 0.0427. The number of methoxy groups -OCH3 is 1. The molecule has 0 aliphatic heterocycles. The molecule has 25 heavy (non-hydrogen) atoms. The maximum atomic E-state index is 11.9. The molecule has 7 nitrogen and oxygen atoms in total. The Morgan fingerprint density at radius 2 is 1.96 bits per heavy atom. The zero-order chi connectivity index (χ0) is 18.1. The van der Waals surface area contributed by atoms with Crippen molar-refractivity contribution in [2.45, 2.75) is 6.61 Å². The molecule has 0 bridgehead atoms. The molecule has 0 atom stereocenters. The van der Waals surface area contributed by atoms with E-state index in [9.17, 15) is 9.90 Å². The van der Waals surface area contributed by atoms with E-state index in [4.69, 9.17) is 14.4 Å². The Morgan fingerprint density at radius 3 is 2.68 bits per heavy atom. The van der Waals surface area contributed by atoms with Crippen LogP contribution in [-0.4, -0.2) is 37.2 Å². The Kier molecular flexibility index (Phi) is 6.53. The lowest BCUT2D eigenvalue weighted by Crippen LogP contribution is -2.19. The molecule has 0 aliphatic rings. The minimum atomic E-state index is -0.613. The van der Waals surface area contributed by atoms with Crippen molar-refractivity contribution in [3.8, 4) is 5.75 Å². The van der Waals surface area contributed by atoms with E-state index in [2.05, 4.69) is 10.3 Å². The van der Waals surface area contributed by atoms with E-state index < -0.39 is 5.97 Å². The van der Waals surface area contributed by atoms with E-state index in [0.29, 0.717) is 16.7 Å². The molecule has 0 saturated carbocycles. The summed E-state index contributed by atoms with van der Waals surface area (Å²) in [5, 5.41) is 17.0. The van der Waals surface area contributed by atoms with E-state index in [1.807, 2.05) is 6.07 Å². The third kappa shape index (κ3) is 5.07. The molecular formula is C18H18N2O5. The molecule has 0 fully saturated rings. The number of carbonyl (C=O) groups is 1. The van der Waals surface area contributed by atoms with Crippen LogP contribution >= 0.6 is 0 Å². The molecule has 0 heterocycles. The van der Waals surface area contributed by atoms with E-state index >= 15 is 0 Å². The first-order chi connectivity index (χ1) is 12.2. The molecule has 130 valence electrons. The van der Waals surface area contributed by atoms with Crippen molar-refractivity contribution in [1.82, 2.24) is 0 Å². The molecule has 0 aromatic heterocycles. The number of esters is 1. The van der Waals surface area contributed by atoms with Gasteiger partial charge in [0.05, 0.1) is 13.3 Å². The van der Waals surface area contributed by atoms with Crippen LogP contribution in [0.15, 0.2) is 58.8 Å². The van der Waals surface area contributed by atoms with Gasteiger partial charge in [0, 0.05) is 11.1 Å². The first kappa shape index (κ1) is 18.0. The number of nitrogens with zero attached hydrogens (tertiary/aromatic N) is 2. The molecule has 0 radical (unpaired) electrons. The maximum absolute atomic E-state index is 11.9. The molecule has 2 aromatic carbocycles. The first-order valence-electron chi connectivity index (χ1n) is 7.37. The summed E-state index contributed by atoms with van der Waals surface area (Å²) in [7, 11) is 2.62. The molecule has 1 N–H and O–H groups in total. The van der Waals surface area contributed by atoms with E-state index in [1.165, 1.54) is 20.4 Å². The molecule has 2 aromatic rings. The SMILES string of the molecule is CON=C(C(=O)OC)c1ccccc1CON=Cc1cccc(O)c1. The first-order valence-corrected chi connectivity index (χ1v) is 7.37. The van der Waals surface area contributed by atoms with Crippen molar-refractivity contribution in [3.05, 3.63) is 65.2 Å². The summed E-state index contributed by atoms with van der Waals surface area (Å²) in [6.07, 6.45) is 1.48. The Balaban J connectivity index is 2.12. The van der Waals surface area contributed by atoms with Gasteiger partial charge in [-0.15, -0.1) is 0 Å². The molecule has 2 rings (SSSR count). The second kappa shape index (κ2) is 9.07. The van der Waals surface area contributed by atoms with Crippen molar-refractivity contribution in [2.75, 3.05) is 14.2 Å². The molecule has 0 unspecified atom stereocenters. The lowest BCUT2D eigenvalue weighted by Gasteiger charge is -2.09. The molecule has 7 heteroatoms. The van der Waals surface area contributed by atoms with Crippen LogP contribution in [0.4, 0.5) is 0 Å². The summed E-state index contributed by atoms with van der Waals surface area (Å²) >= 11 is 0. The van der Waals surface area contributed by atoms with E-state index in [0.717, 1.165) is 0 Å². The number of carbonyl (C=O) groups excluding carboxylic acids is 1. The quantitative estimate of drug-likeness (QED) is 0.474. The van der Waals surface area contributed by atoms with Crippen LogP contribution in [0.2, 0.25) is 0 Å². The van der Waals surface area contributed by atoms with Crippen LogP contribution in [0.5, 0.6) is 5.75 Å². The fourth-order valence-electron chi connectivity index (χ4n) is 2.07. The van der Waals surface area contributed by atoms with Gasteiger partial charge >= 0.3 is 5.97 Å². The summed E-state index contributed by atoms with van der Waals surface area (Å²) < 4.78 is 4.73. The van der Waals surface area contributed by atoms with Crippen molar-refractivity contribution in [2.24, 2.45) is 10.3 Å². The van der Waals surface area contributed by atoms with Gasteiger partial charge in [0.15, 0.2) is 5.71 Å². The van der Waals surface area contributed by atoms with Gasteiger partial charge in [0.2, 0.25) is 0 Å². The summed E-state index contributed by atoms with van der Waals surface area (Å²) in [5.41, 5.74) is 1.96. The zero-order valence-electron chi connectivity index (χ0n) is 13.9. The minimum Gasteiger partial charge on any atom is -0.508 e. The van der Waals surface area contributed by atoms with Crippen LogP contribution in [0.25, 0.3) is 0 Å². The van der Waals surface area contributed by atoms with Crippen molar-refractivity contribution < 1.29 is 24.3 Å². The van der Waals surface area contributed by atoms with Gasteiger partial charge in [0.1, 0.15) is 19.5 Å². The van der Waals surface area contributed by atoms with Gasteiger partial charge in [-0.25, -0.2) is 4.79 Å². The number of aromatic hydroxyl groups is 1. The predicted molar refractivity (Wildman–Crippen MR) is 92.5 cm³/mol. The third-order valence-corrected chi connectivity index (χ3v) is 3.20. The summed E-state index contributed by atoms with van der Waals surface area (Å²) in [6.45, 7) is 0.116. The highest BCUT2D eigenvalue weighted by Gasteiger charge is 2.19. The van der Waals surface area contributed by atoms with Crippen molar-refractivity contribution in [3.63, 3.8) is 0 Å². The summed E-state index contributed by atoms with van der Waals surface area (Å²) in [4.78, 5) is 21.9. The Bertz CT molecular complexity index is 787. The highest BCUT2D eigenvalue weighted by atomic mass is 16.6. The number of ether oxygens (including phenoxy) is 1. The summed E-state index contributed by atoms with van der Waals surface area (Å²) in [5.74, 6) is -0.467. The van der Waals surface area contributed by atoms with Crippen LogP contribution < -0.4 is 0 Å². The fraction of sp³-hybridized carbons (Fsp3) is 0.167. The van der Waals surface area contributed by atoms with Gasteiger partial charge in [-0.05, 0) is 17.7 Å². The second-order valence-corrected chi connectivity index (χ2v) is 4.87. The lowest BCUT2D eigenvalue weighted by molar-refractivity contribution is -0.132. The van der Waals surface area contributed by atoms with Crippen LogP contribution in [0.3, 0.4) is 0 Å². The lowest BCUT2D eigenvalue weighted by atomic mass is 10.0. The van der Waals surface area contributed by atoms with E-state index in [1.54, 1.807) is 42.5 Å². The number of hydrogen-bond donors (Lipinski definition) is 1. The number of benzene rings is 2. The second-order valence-electron chi connectivity index (χ2n) is 4.87.